The molecular weight excluding hydrogens is 310 g/mol. The number of hydrogen-bond donors (Lipinski definition) is 1. The predicted octanol–water partition coefficient (Wildman–Crippen LogP) is 5.34. The van der Waals surface area contributed by atoms with Gasteiger partial charge in [0.05, 0.1) is 0 Å². The van der Waals surface area contributed by atoms with Crippen LogP contribution in [0.2, 0.25) is 0 Å². The molecule has 0 radical (unpaired) electrons. The van der Waals surface area contributed by atoms with Crippen LogP contribution < -0.4 is 5.73 Å². The van der Waals surface area contributed by atoms with Crippen LogP contribution in [0.25, 0.3) is 0 Å². The summed E-state index contributed by atoms with van der Waals surface area (Å²) in [5, 5.41) is 0. The molecule has 112 valence electrons. The van der Waals surface area contributed by atoms with Gasteiger partial charge in [-0.05, 0) is 61.1 Å². The van der Waals surface area contributed by atoms with E-state index >= 15 is 0 Å². The Morgan fingerprint density at radius 2 is 1.75 bits per heavy atom. The summed E-state index contributed by atoms with van der Waals surface area (Å²) < 4.78 is 1.22. The van der Waals surface area contributed by atoms with Crippen molar-refractivity contribution in [2.45, 2.75) is 52.4 Å². The van der Waals surface area contributed by atoms with E-state index in [9.17, 15) is 0 Å². The lowest BCUT2D eigenvalue weighted by Gasteiger charge is -2.39. The van der Waals surface area contributed by atoms with E-state index in [1.165, 1.54) is 35.7 Å². The first kappa shape index (κ1) is 16.0. The Morgan fingerprint density at radius 3 is 2.25 bits per heavy atom. The second-order valence-electron chi connectivity index (χ2n) is 7.34. The Bertz CT molecular complexity index is 427. The third kappa shape index (κ3) is 3.65. The molecule has 0 heterocycles. The van der Waals surface area contributed by atoms with Crippen LogP contribution in [0.3, 0.4) is 0 Å². The van der Waals surface area contributed by atoms with Gasteiger partial charge in [0.1, 0.15) is 0 Å². The van der Waals surface area contributed by atoms with E-state index in [0.717, 1.165) is 18.4 Å². The zero-order valence-corrected chi connectivity index (χ0v) is 14.6. The van der Waals surface area contributed by atoms with E-state index in [-0.39, 0.29) is 0 Å². The summed E-state index contributed by atoms with van der Waals surface area (Å²) in [5.41, 5.74) is 7.96. The molecule has 1 aliphatic rings. The van der Waals surface area contributed by atoms with Gasteiger partial charge in [-0.2, -0.15) is 0 Å². The van der Waals surface area contributed by atoms with Gasteiger partial charge in [0.2, 0.25) is 0 Å². The third-order valence-electron chi connectivity index (χ3n) is 5.12. The fraction of sp³-hybridized carbons (Fsp3) is 0.667. The lowest BCUT2D eigenvalue weighted by atomic mass is 9.66. The van der Waals surface area contributed by atoms with Crippen LogP contribution in [-0.2, 0) is 0 Å². The molecule has 0 bridgehead atoms. The van der Waals surface area contributed by atoms with Crippen molar-refractivity contribution in [2.75, 3.05) is 6.54 Å². The quantitative estimate of drug-likeness (QED) is 0.790. The fourth-order valence-corrected chi connectivity index (χ4v) is 4.32. The first-order valence-corrected chi connectivity index (χ1v) is 8.67. The van der Waals surface area contributed by atoms with Crippen LogP contribution in [0, 0.1) is 17.3 Å². The number of nitrogens with two attached hydrogens (primary N) is 1. The SMILES string of the molecule is CC(C)(C)C1CCC(C(CN)c2ccccc2Br)CC1. The van der Waals surface area contributed by atoms with Crippen LogP contribution >= 0.6 is 15.9 Å². The lowest BCUT2D eigenvalue weighted by Crippen LogP contribution is -2.30. The molecule has 1 aromatic rings. The Balaban J connectivity index is 2.06. The second-order valence-corrected chi connectivity index (χ2v) is 8.20. The highest BCUT2D eigenvalue weighted by Crippen LogP contribution is 2.44. The number of benzene rings is 1. The molecule has 2 rings (SSSR count). The smallest absolute Gasteiger partial charge is 0.0210 e. The highest BCUT2D eigenvalue weighted by Gasteiger charge is 2.33. The van der Waals surface area contributed by atoms with Crippen molar-refractivity contribution in [3.05, 3.63) is 34.3 Å². The van der Waals surface area contributed by atoms with Crippen molar-refractivity contribution in [1.29, 1.82) is 0 Å². The summed E-state index contributed by atoms with van der Waals surface area (Å²) in [6.45, 7) is 7.90. The molecule has 1 unspecified atom stereocenters. The molecule has 1 aromatic carbocycles. The Morgan fingerprint density at radius 1 is 1.15 bits per heavy atom. The Labute approximate surface area is 132 Å². The molecule has 1 nitrogen and oxygen atoms in total. The summed E-state index contributed by atoms with van der Waals surface area (Å²) in [6, 6.07) is 8.58. The van der Waals surface area contributed by atoms with Crippen molar-refractivity contribution in [3.8, 4) is 0 Å². The average molecular weight is 338 g/mol. The molecule has 0 spiro atoms. The summed E-state index contributed by atoms with van der Waals surface area (Å²) >= 11 is 3.69. The van der Waals surface area contributed by atoms with Gasteiger partial charge in [0, 0.05) is 10.4 Å². The lowest BCUT2D eigenvalue weighted by molar-refractivity contribution is 0.140. The highest BCUT2D eigenvalue weighted by molar-refractivity contribution is 9.10. The van der Waals surface area contributed by atoms with E-state index in [1.54, 1.807) is 0 Å². The fourth-order valence-electron chi connectivity index (χ4n) is 3.74. The van der Waals surface area contributed by atoms with E-state index < -0.39 is 0 Å². The van der Waals surface area contributed by atoms with E-state index in [1.807, 2.05) is 0 Å². The molecule has 2 heteroatoms. The Hall–Kier alpha value is -0.340. The highest BCUT2D eigenvalue weighted by atomic mass is 79.9. The van der Waals surface area contributed by atoms with E-state index in [2.05, 4.69) is 61.0 Å². The predicted molar refractivity (Wildman–Crippen MR) is 90.8 cm³/mol. The van der Waals surface area contributed by atoms with E-state index in [4.69, 9.17) is 5.73 Å². The zero-order valence-electron chi connectivity index (χ0n) is 13.0. The minimum atomic E-state index is 0.455. The minimum absolute atomic E-state index is 0.455. The molecule has 1 fully saturated rings. The standard InChI is InChI=1S/C18H28BrN/c1-18(2,3)14-10-8-13(9-11-14)16(12-20)15-6-4-5-7-17(15)19/h4-7,13-14,16H,8-12,20H2,1-3H3. The number of hydrogen-bond acceptors (Lipinski definition) is 1. The molecule has 1 atom stereocenters. The molecule has 2 N–H and O–H groups in total. The maximum atomic E-state index is 6.10. The zero-order chi connectivity index (χ0) is 14.8. The van der Waals surface area contributed by atoms with Crippen LogP contribution in [-0.4, -0.2) is 6.54 Å². The van der Waals surface area contributed by atoms with Crippen molar-refractivity contribution in [3.63, 3.8) is 0 Å². The van der Waals surface area contributed by atoms with Gasteiger partial charge in [0.25, 0.3) is 0 Å². The topological polar surface area (TPSA) is 26.0 Å². The maximum absolute atomic E-state index is 6.10. The number of rotatable bonds is 3. The average Bonchev–Trinajstić information content (AvgIpc) is 2.41. The van der Waals surface area contributed by atoms with Crippen molar-refractivity contribution in [2.24, 2.45) is 23.0 Å². The molecule has 20 heavy (non-hydrogen) atoms. The van der Waals surface area contributed by atoms with Crippen LogP contribution in [0.4, 0.5) is 0 Å². The summed E-state index contributed by atoms with van der Waals surface area (Å²) in [6.07, 6.45) is 5.36. The van der Waals surface area contributed by atoms with Gasteiger partial charge in [-0.15, -0.1) is 0 Å². The maximum Gasteiger partial charge on any atom is 0.0210 e. The minimum Gasteiger partial charge on any atom is -0.330 e. The number of halogens is 1. The van der Waals surface area contributed by atoms with Gasteiger partial charge >= 0.3 is 0 Å². The molecule has 0 aliphatic heterocycles. The second kappa shape index (κ2) is 6.62. The summed E-state index contributed by atoms with van der Waals surface area (Å²) in [4.78, 5) is 0. The summed E-state index contributed by atoms with van der Waals surface area (Å²) in [5.74, 6) is 2.13. The van der Waals surface area contributed by atoms with Gasteiger partial charge in [-0.3, -0.25) is 0 Å². The summed E-state index contributed by atoms with van der Waals surface area (Å²) in [7, 11) is 0. The van der Waals surface area contributed by atoms with Crippen molar-refractivity contribution < 1.29 is 0 Å². The van der Waals surface area contributed by atoms with Gasteiger partial charge in [-0.25, -0.2) is 0 Å². The van der Waals surface area contributed by atoms with Gasteiger partial charge < -0.3 is 5.73 Å². The molecule has 0 aromatic heterocycles. The van der Waals surface area contributed by atoms with Crippen LogP contribution in [0.5, 0.6) is 0 Å². The van der Waals surface area contributed by atoms with Gasteiger partial charge in [-0.1, -0.05) is 54.9 Å². The first-order valence-electron chi connectivity index (χ1n) is 7.88. The largest absolute Gasteiger partial charge is 0.330 e. The van der Waals surface area contributed by atoms with Crippen LogP contribution in [0.15, 0.2) is 28.7 Å². The monoisotopic (exact) mass is 337 g/mol. The molecule has 1 saturated carbocycles. The first-order chi connectivity index (χ1) is 9.43. The molecular formula is C18H28BrN. The van der Waals surface area contributed by atoms with Gasteiger partial charge in [0.15, 0.2) is 0 Å². The molecule has 1 aliphatic carbocycles. The van der Waals surface area contributed by atoms with Crippen molar-refractivity contribution in [1.82, 2.24) is 0 Å². The van der Waals surface area contributed by atoms with E-state index in [0.29, 0.717) is 11.3 Å². The normalized spacial score (nSPS) is 25.4. The van der Waals surface area contributed by atoms with Crippen molar-refractivity contribution >= 4 is 15.9 Å². The Kier molecular flexibility index (Phi) is 5.30. The van der Waals surface area contributed by atoms with Crippen LogP contribution in [0.1, 0.15) is 57.9 Å². The molecule has 0 saturated heterocycles. The third-order valence-corrected chi connectivity index (χ3v) is 5.85. The molecule has 0 amide bonds.